The van der Waals surface area contributed by atoms with Crippen LogP contribution in [0.4, 0.5) is 22.0 Å². The number of ether oxygens (including phenoxy) is 1. The maximum absolute atomic E-state index is 13.2. The molecule has 7 nitrogen and oxygen atoms in total. The van der Waals surface area contributed by atoms with Crippen LogP contribution in [-0.2, 0) is 11.0 Å². The highest BCUT2D eigenvalue weighted by Gasteiger charge is 2.51. The van der Waals surface area contributed by atoms with Crippen molar-refractivity contribution in [2.45, 2.75) is 38.6 Å². The van der Waals surface area contributed by atoms with Crippen LogP contribution in [0.3, 0.4) is 0 Å². The van der Waals surface area contributed by atoms with E-state index in [0.29, 0.717) is 6.07 Å². The minimum atomic E-state index is -4.77. The molecule has 0 spiro atoms. The average Bonchev–Trinajstić information content (AvgIpc) is 3.22. The summed E-state index contributed by atoms with van der Waals surface area (Å²) in [5.41, 5.74) is -2.91. The Bertz CT molecular complexity index is 971. The molecule has 30 heavy (non-hydrogen) atoms. The number of aromatic nitrogens is 2. The van der Waals surface area contributed by atoms with Crippen LogP contribution in [0.1, 0.15) is 24.6 Å². The summed E-state index contributed by atoms with van der Waals surface area (Å²) in [4.78, 5) is 12.3. The summed E-state index contributed by atoms with van der Waals surface area (Å²) in [7, 11) is 0. The summed E-state index contributed by atoms with van der Waals surface area (Å²) in [6, 6.07) is 6.87. The molecule has 162 valence electrons. The molecule has 0 saturated carbocycles. The van der Waals surface area contributed by atoms with Gasteiger partial charge in [-0.25, -0.2) is 13.5 Å². The molecule has 0 saturated heterocycles. The predicted molar refractivity (Wildman–Crippen MR) is 94.3 cm³/mol. The van der Waals surface area contributed by atoms with Gasteiger partial charge < -0.3 is 9.84 Å². The SMILES string of the molecule is CC1=NN(C(=O)COc2cc(C(F)(F)F)nn2-c2ccc(C)cc2)C(O)(C(F)F)C1. The van der Waals surface area contributed by atoms with Crippen LogP contribution in [0.25, 0.3) is 5.69 Å². The van der Waals surface area contributed by atoms with Gasteiger partial charge in [-0.3, -0.25) is 4.79 Å². The van der Waals surface area contributed by atoms with Gasteiger partial charge in [-0.05, 0) is 26.0 Å². The smallest absolute Gasteiger partial charge is 0.435 e. The molecule has 1 aromatic heterocycles. The lowest BCUT2D eigenvalue weighted by Crippen LogP contribution is -2.52. The number of benzene rings is 1. The van der Waals surface area contributed by atoms with Crippen LogP contribution in [0.15, 0.2) is 35.4 Å². The van der Waals surface area contributed by atoms with Crippen molar-refractivity contribution in [2.24, 2.45) is 5.10 Å². The third-order valence-electron chi connectivity index (χ3n) is 4.33. The number of nitrogens with zero attached hydrogens (tertiary/aromatic N) is 4. The number of carbonyl (C=O) groups excluding carboxylic acids is 1. The van der Waals surface area contributed by atoms with E-state index in [9.17, 15) is 31.9 Å². The summed E-state index contributed by atoms with van der Waals surface area (Å²) in [5.74, 6) is -1.58. The molecule has 0 radical (unpaired) electrons. The maximum atomic E-state index is 13.2. The van der Waals surface area contributed by atoms with Crippen molar-refractivity contribution in [3.05, 3.63) is 41.6 Å². The van der Waals surface area contributed by atoms with Crippen molar-refractivity contribution in [2.75, 3.05) is 6.61 Å². The Balaban J connectivity index is 1.86. The molecule has 12 heteroatoms. The van der Waals surface area contributed by atoms with Crippen LogP contribution in [0, 0.1) is 6.92 Å². The largest absolute Gasteiger partial charge is 0.467 e. The third kappa shape index (κ3) is 4.13. The average molecular weight is 432 g/mol. The number of hydrogen-bond acceptors (Lipinski definition) is 5. The Morgan fingerprint density at radius 2 is 1.90 bits per heavy atom. The van der Waals surface area contributed by atoms with Crippen molar-refractivity contribution in [1.82, 2.24) is 14.8 Å². The lowest BCUT2D eigenvalue weighted by atomic mass is 10.1. The normalized spacial score (nSPS) is 19.4. The first-order chi connectivity index (χ1) is 13.9. The number of carbonyl (C=O) groups is 1. The highest BCUT2D eigenvalue weighted by molar-refractivity contribution is 5.89. The van der Waals surface area contributed by atoms with Gasteiger partial charge >= 0.3 is 6.18 Å². The second kappa shape index (κ2) is 7.67. The molecular weight excluding hydrogens is 415 g/mol. The zero-order chi connectivity index (χ0) is 22.3. The van der Waals surface area contributed by atoms with Crippen LogP contribution in [0.2, 0.25) is 0 Å². The first kappa shape index (κ1) is 21.7. The number of hydrazone groups is 1. The van der Waals surface area contributed by atoms with E-state index < -0.39 is 48.8 Å². The molecule has 0 fully saturated rings. The number of aliphatic hydroxyl groups is 1. The number of aryl methyl sites for hydroxylation is 1. The molecule has 0 aliphatic carbocycles. The number of alkyl halides is 5. The van der Waals surface area contributed by atoms with Crippen LogP contribution >= 0.6 is 0 Å². The van der Waals surface area contributed by atoms with Gasteiger partial charge in [-0.15, -0.1) is 0 Å². The molecule has 0 bridgehead atoms. The number of rotatable bonds is 5. The third-order valence-corrected chi connectivity index (χ3v) is 4.33. The molecule has 2 heterocycles. The van der Waals surface area contributed by atoms with Crippen LogP contribution in [0.5, 0.6) is 5.88 Å². The highest BCUT2D eigenvalue weighted by atomic mass is 19.4. The van der Waals surface area contributed by atoms with Crippen molar-refractivity contribution in [1.29, 1.82) is 0 Å². The predicted octanol–water partition coefficient (Wildman–Crippen LogP) is 3.14. The maximum Gasteiger partial charge on any atom is 0.435 e. The number of hydrogen-bond donors (Lipinski definition) is 1. The van der Waals surface area contributed by atoms with E-state index in [4.69, 9.17) is 4.74 Å². The Labute approximate surface area is 167 Å². The summed E-state index contributed by atoms with van der Waals surface area (Å²) in [6.45, 7) is 2.19. The minimum Gasteiger partial charge on any atom is -0.467 e. The quantitative estimate of drug-likeness (QED) is 0.737. The van der Waals surface area contributed by atoms with E-state index in [2.05, 4.69) is 10.2 Å². The number of halogens is 5. The van der Waals surface area contributed by atoms with Gasteiger partial charge in [-0.2, -0.15) is 28.4 Å². The fourth-order valence-corrected chi connectivity index (χ4v) is 2.86. The Morgan fingerprint density at radius 3 is 2.47 bits per heavy atom. The van der Waals surface area contributed by atoms with Crippen LogP contribution < -0.4 is 4.74 Å². The topological polar surface area (TPSA) is 80.0 Å². The van der Waals surface area contributed by atoms with Crippen molar-refractivity contribution in [3.8, 4) is 11.6 Å². The second-order valence-corrected chi connectivity index (χ2v) is 6.80. The molecule has 2 aromatic rings. The molecule has 1 aromatic carbocycles. The standard InChI is InChI=1S/C18H17F5N4O3/c1-10-3-5-12(6-4-10)26-15(7-13(25-26)18(21,22)23)30-9-14(28)27-17(29,16(19)20)8-11(2)24-27/h3-7,16,29H,8-9H2,1-2H3. The van der Waals surface area contributed by atoms with Gasteiger partial charge in [0.05, 0.1) is 5.69 Å². The molecule has 1 N–H and O–H groups in total. The molecule has 1 aliphatic heterocycles. The van der Waals surface area contributed by atoms with Crippen molar-refractivity contribution < 1.29 is 36.6 Å². The fourth-order valence-electron chi connectivity index (χ4n) is 2.86. The van der Waals surface area contributed by atoms with E-state index in [0.717, 1.165) is 10.2 Å². The van der Waals surface area contributed by atoms with Crippen LogP contribution in [-0.4, -0.2) is 50.3 Å². The molecule has 1 unspecified atom stereocenters. The molecule has 1 atom stereocenters. The Morgan fingerprint density at radius 1 is 1.27 bits per heavy atom. The van der Waals surface area contributed by atoms with Crippen molar-refractivity contribution >= 4 is 11.6 Å². The van der Waals surface area contributed by atoms with Gasteiger partial charge in [0.25, 0.3) is 12.3 Å². The summed E-state index contributed by atoms with van der Waals surface area (Å²) in [5, 5.41) is 17.3. The molecule has 1 amide bonds. The van der Waals surface area contributed by atoms with Gasteiger partial charge in [0.15, 0.2) is 12.3 Å². The zero-order valence-corrected chi connectivity index (χ0v) is 15.8. The molecule has 1 aliphatic rings. The van der Waals surface area contributed by atoms with E-state index >= 15 is 0 Å². The number of amides is 1. The Kier molecular flexibility index (Phi) is 5.54. The van der Waals surface area contributed by atoms with Gasteiger partial charge in [0, 0.05) is 18.2 Å². The first-order valence-electron chi connectivity index (χ1n) is 8.66. The van der Waals surface area contributed by atoms with Gasteiger partial charge in [0.1, 0.15) is 0 Å². The van der Waals surface area contributed by atoms with Gasteiger partial charge in [0.2, 0.25) is 11.6 Å². The van der Waals surface area contributed by atoms with E-state index in [1.54, 1.807) is 19.1 Å². The van der Waals surface area contributed by atoms with Crippen molar-refractivity contribution in [3.63, 3.8) is 0 Å². The lowest BCUT2D eigenvalue weighted by Gasteiger charge is -2.29. The highest BCUT2D eigenvalue weighted by Crippen LogP contribution is 2.33. The summed E-state index contributed by atoms with van der Waals surface area (Å²) in [6.07, 6.45) is -8.64. The summed E-state index contributed by atoms with van der Waals surface area (Å²) < 4.78 is 71.8. The van der Waals surface area contributed by atoms with E-state index in [1.165, 1.54) is 19.1 Å². The van der Waals surface area contributed by atoms with Gasteiger partial charge in [-0.1, -0.05) is 17.7 Å². The first-order valence-corrected chi connectivity index (χ1v) is 8.66. The lowest BCUT2D eigenvalue weighted by molar-refractivity contribution is -0.193. The summed E-state index contributed by atoms with van der Waals surface area (Å²) >= 11 is 0. The fraction of sp³-hybridized carbons (Fsp3) is 0.389. The molecule has 3 rings (SSSR count). The molecular formula is C18H17F5N4O3. The minimum absolute atomic E-state index is 0.0928. The monoisotopic (exact) mass is 432 g/mol. The Hall–Kier alpha value is -3.02. The van der Waals surface area contributed by atoms with E-state index in [-0.39, 0.29) is 16.4 Å². The van der Waals surface area contributed by atoms with E-state index in [1.807, 2.05) is 0 Å². The second-order valence-electron chi connectivity index (χ2n) is 6.80. The zero-order valence-electron chi connectivity index (χ0n) is 15.8.